The highest BCUT2D eigenvalue weighted by molar-refractivity contribution is 6.39. The van der Waals surface area contributed by atoms with Gasteiger partial charge in [0.15, 0.2) is 0 Å². The number of aryl methyl sites for hydroxylation is 2. The fourth-order valence-corrected chi connectivity index (χ4v) is 4.70. The molecule has 156 valence electrons. The Labute approximate surface area is 176 Å². The molecular formula is C24H27N3O3. The Morgan fingerprint density at radius 1 is 1.00 bits per heavy atom. The molecule has 2 heterocycles. The monoisotopic (exact) mass is 405 g/mol. The Balaban J connectivity index is 1.72. The molecule has 0 atom stereocenters. The van der Waals surface area contributed by atoms with Crippen LogP contribution < -0.4 is 10.2 Å². The number of hydrogen-bond acceptors (Lipinski definition) is 3. The van der Waals surface area contributed by atoms with Crippen molar-refractivity contribution in [3.63, 3.8) is 0 Å². The number of anilines is 1. The largest absolute Gasteiger partial charge is 0.346 e. The fourth-order valence-electron chi connectivity index (χ4n) is 4.70. The van der Waals surface area contributed by atoms with Crippen molar-refractivity contribution in [2.75, 3.05) is 4.90 Å². The third kappa shape index (κ3) is 3.47. The van der Waals surface area contributed by atoms with Crippen LogP contribution >= 0.6 is 0 Å². The van der Waals surface area contributed by atoms with Gasteiger partial charge in [-0.1, -0.05) is 37.5 Å². The topological polar surface area (TPSA) is 71.4 Å². The van der Waals surface area contributed by atoms with Crippen LogP contribution in [0.2, 0.25) is 0 Å². The molecule has 6 heteroatoms. The van der Waals surface area contributed by atoms with Gasteiger partial charge in [-0.3, -0.25) is 14.9 Å². The molecule has 0 radical (unpaired) electrons. The standard InChI is InChI=1S/C24H27N3O3/c1-15-9-7-8-12-21(15)27-23(29)20(22(28)25-24(27)30)14-18-13-16(2)26(17(18)3)19-10-5-4-6-11-19/h7-9,12-14,19H,4-6,10-11H2,1-3H3,(H,25,28,30)/b20-14+. The van der Waals surface area contributed by atoms with Crippen LogP contribution in [-0.2, 0) is 9.59 Å². The molecule has 1 saturated heterocycles. The van der Waals surface area contributed by atoms with E-state index in [1.807, 2.05) is 32.0 Å². The Morgan fingerprint density at radius 2 is 1.70 bits per heavy atom. The summed E-state index contributed by atoms with van der Waals surface area (Å²) in [4.78, 5) is 39.2. The number of barbiturate groups is 1. The number of nitrogens with one attached hydrogen (secondary N) is 1. The zero-order chi connectivity index (χ0) is 21.4. The summed E-state index contributed by atoms with van der Waals surface area (Å²) >= 11 is 0. The summed E-state index contributed by atoms with van der Waals surface area (Å²) in [7, 11) is 0. The maximum Gasteiger partial charge on any atom is 0.335 e. The average molecular weight is 405 g/mol. The summed E-state index contributed by atoms with van der Waals surface area (Å²) in [6.45, 7) is 5.92. The zero-order valence-electron chi connectivity index (χ0n) is 17.7. The lowest BCUT2D eigenvalue weighted by Crippen LogP contribution is -2.54. The molecule has 6 nitrogen and oxygen atoms in total. The van der Waals surface area contributed by atoms with Gasteiger partial charge >= 0.3 is 6.03 Å². The van der Waals surface area contributed by atoms with E-state index >= 15 is 0 Å². The number of nitrogens with zero attached hydrogens (tertiary/aromatic N) is 2. The van der Waals surface area contributed by atoms with Crippen molar-refractivity contribution in [2.24, 2.45) is 0 Å². The van der Waals surface area contributed by atoms with E-state index in [0.29, 0.717) is 11.7 Å². The third-order valence-electron chi connectivity index (χ3n) is 6.22. The quantitative estimate of drug-likeness (QED) is 0.600. The van der Waals surface area contributed by atoms with Crippen molar-refractivity contribution in [2.45, 2.75) is 58.9 Å². The molecule has 1 aromatic carbocycles. The van der Waals surface area contributed by atoms with Crippen LogP contribution in [0.4, 0.5) is 10.5 Å². The number of imide groups is 2. The second-order valence-electron chi connectivity index (χ2n) is 8.23. The molecule has 1 saturated carbocycles. The van der Waals surface area contributed by atoms with Gasteiger partial charge in [-0.25, -0.2) is 9.69 Å². The summed E-state index contributed by atoms with van der Waals surface area (Å²) in [5.41, 5.74) is 4.25. The van der Waals surface area contributed by atoms with Gasteiger partial charge in [0.1, 0.15) is 5.57 Å². The molecule has 0 bridgehead atoms. The lowest BCUT2D eigenvalue weighted by Gasteiger charge is -2.27. The maximum absolute atomic E-state index is 13.2. The predicted octanol–water partition coefficient (Wildman–Crippen LogP) is 4.58. The molecule has 1 aliphatic carbocycles. The molecular weight excluding hydrogens is 378 g/mol. The minimum absolute atomic E-state index is 0.0262. The van der Waals surface area contributed by atoms with Crippen LogP contribution in [-0.4, -0.2) is 22.4 Å². The second-order valence-corrected chi connectivity index (χ2v) is 8.23. The molecule has 4 rings (SSSR count). The second kappa shape index (κ2) is 7.94. The lowest BCUT2D eigenvalue weighted by atomic mass is 9.95. The number of para-hydroxylation sites is 1. The summed E-state index contributed by atoms with van der Waals surface area (Å²) in [5.74, 6) is -1.25. The number of rotatable bonds is 3. The van der Waals surface area contributed by atoms with Gasteiger partial charge < -0.3 is 4.57 Å². The molecule has 30 heavy (non-hydrogen) atoms. The molecule has 0 spiro atoms. The van der Waals surface area contributed by atoms with Crippen molar-refractivity contribution in [1.29, 1.82) is 0 Å². The van der Waals surface area contributed by atoms with Gasteiger partial charge in [0.2, 0.25) is 0 Å². The Kier molecular flexibility index (Phi) is 5.33. The highest BCUT2D eigenvalue weighted by Crippen LogP contribution is 2.33. The maximum atomic E-state index is 13.2. The van der Waals surface area contributed by atoms with Crippen LogP contribution in [0, 0.1) is 20.8 Å². The number of hydrogen-bond donors (Lipinski definition) is 1. The van der Waals surface area contributed by atoms with E-state index in [2.05, 4.69) is 16.8 Å². The third-order valence-corrected chi connectivity index (χ3v) is 6.22. The first kappa shape index (κ1) is 20.1. The Bertz CT molecular complexity index is 1060. The van der Waals surface area contributed by atoms with Crippen molar-refractivity contribution >= 4 is 29.6 Å². The van der Waals surface area contributed by atoms with Crippen molar-refractivity contribution in [1.82, 2.24) is 9.88 Å². The highest BCUT2D eigenvalue weighted by Gasteiger charge is 2.37. The minimum atomic E-state index is -0.718. The van der Waals surface area contributed by atoms with E-state index in [9.17, 15) is 14.4 Å². The molecule has 4 amide bonds. The van der Waals surface area contributed by atoms with E-state index < -0.39 is 17.8 Å². The van der Waals surface area contributed by atoms with E-state index in [1.54, 1.807) is 18.2 Å². The molecule has 1 aromatic heterocycles. The van der Waals surface area contributed by atoms with E-state index in [1.165, 1.54) is 19.3 Å². The summed E-state index contributed by atoms with van der Waals surface area (Å²) in [5, 5.41) is 2.31. The van der Waals surface area contributed by atoms with Crippen molar-refractivity contribution in [3.8, 4) is 0 Å². The van der Waals surface area contributed by atoms with Gasteiger partial charge in [0, 0.05) is 17.4 Å². The summed E-state index contributed by atoms with van der Waals surface area (Å²) < 4.78 is 2.33. The first-order chi connectivity index (χ1) is 14.4. The number of carbonyl (C=O) groups is 3. The first-order valence-corrected chi connectivity index (χ1v) is 10.5. The van der Waals surface area contributed by atoms with E-state index in [4.69, 9.17) is 0 Å². The first-order valence-electron chi connectivity index (χ1n) is 10.5. The minimum Gasteiger partial charge on any atom is -0.346 e. The highest BCUT2D eigenvalue weighted by atomic mass is 16.2. The van der Waals surface area contributed by atoms with Crippen LogP contribution in [0.3, 0.4) is 0 Å². The SMILES string of the molecule is Cc1ccccc1N1C(=O)NC(=O)/C(=C\c2cc(C)n(C3CCCCC3)c2C)C1=O. The number of aromatic nitrogens is 1. The number of urea groups is 1. The molecule has 1 N–H and O–H groups in total. The fraction of sp³-hybridized carbons (Fsp3) is 0.375. The van der Waals surface area contributed by atoms with Crippen molar-refractivity contribution < 1.29 is 14.4 Å². The summed E-state index contributed by atoms with van der Waals surface area (Å²) in [6, 6.07) is 8.90. The predicted molar refractivity (Wildman–Crippen MR) is 116 cm³/mol. The zero-order valence-corrected chi connectivity index (χ0v) is 17.7. The van der Waals surface area contributed by atoms with Crippen LogP contribution in [0.25, 0.3) is 6.08 Å². The van der Waals surface area contributed by atoms with Crippen LogP contribution in [0.15, 0.2) is 35.9 Å². The molecule has 2 aliphatic rings. The molecule has 2 fully saturated rings. The van der Waals surface area contributed by atoms with E-state index in [-0.39, 0.29) is 5.57 Å². The average Bonchev–Trinajstić information content (AvgIpc) is 3.00. The van der Waals surface area contributed by atoms with E-state index in [0.717, 1.165) is 40.3 Å². The van der Waals surface area contributed by atoms with Gasteiger partial charge in [-0.15, -0.1) is 0 Å². The number of benzene rings is 1. The van der Waals surface area contributed by atoms with Crippen LogP contribution in [0.1, 0.15) is 60.7 Å². The van der Waals surface area contributed by atoms with Gasteiger partial charge in [0.25, 0.3) is 11.8 Å². The van der Waals surface area contributed by atoms with Crippen molar-refractivity contribution in [3.05, 3.63) is 58.4 Å². The lowest BCUT2D eigenvalue weighted by molar-refractivity contribution is -0.122. The number of carbonyl (C=O) groups excluding carboxylic acids is 3. The number of amides is 4. The molecule has 1 aliphatic heterocycles. The van der Waals surface area contributed by atoms with Gasteiger partial charge in [-0.2, -0.15) is 0 Å². The van der Waals surface area contributed by atoms with Gasteiger partial charge in [-0.05, 0) is 62.9 Å². The molecule has 0 unspecified atom stereocenters. The molecule has 2 aromatic rings. The van der Waals surface area contributed by atoms with Gasteiger partial charge in [0.05, 0.1) is 5.69 Å². The van der Waals surface area contributed by atoms with Crippen LogP contribution in [0.5, 0.6) is 0 Å². The Morgan fingerprint density at radius 3 is 2.40 bits per heavy atom. The summed E-state index contributed by atoms with van der Waals surface area (Å²) in [6.07, 6.45) is 7.67. The smallest absolute Gasteiger partial charge is 0.335 e. The Hall–Kier alpha value is -3.15. The normalized spacial score (nSPS) is 19.5.